The molecule has 0 aromatic rings. The largest absolute Gasteiger partial charge is 0.312 e. The van der Waals surface area contributed by atoms with E-state index >= 15 is 0 Å². The van der Waals surface area contributed by atoms with E-state index in [1.54, 1.807) is 0 Å². The predicted octanol–water partition coefficient (Wildman–Crippen LogP) is 1.93. The van der Waals surface area contributed by atoms with Crippen LogP contribution in [0.5, 0.6) is 0 Å². The Kier molecular flexibility index (Phi) is 2.28. The molecule has 1 unspecified atom stereocenters. The maximum absolute atomic E-state index is 12.1. The first kappa shape index (κ1) is 11.1. The summed E-state index contributed by atoms with van der Waals surface area (Å²) in [6.45, 7) is 14.6. The number of nitrogens with one attached hydrogen (secondary N) is 1. The lowest BCUT2D eigenvalue weighted by atomic mass is 9.61. The van der Waals surface area contributed by atoms with Crippen LogP contribution in [0.1, 0.15) is 20.8 Å². The fraction of sp³-hybridized carbons (Fsp3) is 0.538. The Morgan fingerprint density at radius 2 is 2.12 bits per heavy atom. The molecule has 2 aliphatic rings. The molecule has 0 spiro atoms. The fourth-order valence-electron chi connectivity index (χ4n) is 2.83. The fourth-order valence-corrected chi connectivity index (χ4v) is 2.83. The number of carbonyl (C=O) groups excluding carboxylic acids is 1. The third-order valence-corrected chi connectivity index (χ3v) is 3.61. The molecule has 1 aliphatic carbocycles. The number of ketones is 1. The van der Waals surface area contributed by atoms with E-state index in [2.05, 4.69) is 23.2 Å². The van der Waals surface area contributed by atoms with E-state index in [0.29, 0.717) is 0 Å². The Labute approximate surface area is 96.0 Å². The first-order valence-corrected chi connectivity index (χ1v) is 5.49. The van der Waals surface area contributed by atoms with Crippen LogP contribution in [0.4, 0.5) is 0 Å². The number of nitrogens with zero attached hydrogens (tertiary/aromatic N) is 1. The van der Waals surface area contributed by atoms with Gasteiger partial charge in [-0.1, -0.05) is 38.5 Å². The number of hydrogen-bond acceptors (Lipinski definition) is 2. The number of carbonyl (C=O) groups is 1. The Bertz CT molecular complexity index is 451. The highest BCUT2D eigenvalue weighted by atomic mass is 16.1. The van der Waals surface area contributed by atoms with Gasteiger partial charge in [-0.2, -0.15) is 0 Å². The van der Waals surface area contributed by atoms with Gasteiger partial charge in [0, 0.05) is 23.9 Å². The van der Waals surface area contributed by atoms with Crippen molar-refractivity contribution in [2.75, 3.05) is 13.1 Å². The first-order valence-electron chi connectivity index (χ1n) is 5.49. The first-order chi connectivity index (χ1) is 7.42. The number of hydrogen-bond donors (Lipinski definition) is 1. The van der Waals surface area contributed by atoms with Crippen molar-refractivity contribution >= 4 is 5.78 Å². The maximum atomic E-state index is 12.1. The second kappa shape index (κ2) is 3.29. The molecule has 0 saturated carbocycles. The SMILES string of the molecule is [C-]#[N+]C1=CC2(C)CNCC=C2C(C)(C)C1=O. The molecule has 0 radical (unpaired) electrons. The molecule has 1 heterocycles. The molecule has 84 valence electrons. The molecule has 3 nitrogen and oxygen atoms in total. The Hall–Kier alpha value is -1.40. The molecule has 2 rings (SSSR count). The van der Waals surface area contributed by atoms with Crippen LogP contribution in [0.15, 0.2) is 23.4 Å². The third-order valence-electron chi connectivity index (χ3n) is 3.61. The van der Waals surface area contributed by atoms with E-state index in [-0.39, 0.29) is 16.9 Å². The summed E-state index contributed by atoms with van der Waals surface area (Å²) in [6, 6.07) is 0. The van der Waals surface area contributed by atoms with E-state index in [1.807, 2.05) is 19.9 Å². The Morgan fingerprint density at radius 3 is 2.75 bits per heavy atom. The number of fused-ring (bicyclic) bond motifs is 1. The van der Waals surface area contributed by atoms with E-state index in [9.17, 15) is 4.79 Å². The third kappa shape index (κ3) is 1.34. The summed E-state index contributed by atoms with van der Waals surface area (Å²) < 4.78 is 0. The van der Waals surface area contributed by atoms with Gasteiger partial charge < -0.3 is 10.1 Å². The second-order valence-electron chi connectivity index (χ2n) is 5.26. The molecule has 0 fully saturated rings. The summed E-state index contributed by atoms with van der Waals surface area (Å²) in [5.74, 6) is -0.0480. The average molecular weight is 216 g/mol. The van der Waals surface area contributed by atoms with Crippen molar-refractivity contribution in [1.29, 1.82) is 0 Å². The van der Waals surface area contributed by atoms with Gasteiger partial charge in [0.25, 0.3) is 0 Å². The summed E-state index contributed by atoms with van der Waals surface area (Å²) in [5.41, 5.74) is 0.714. The quantitative estimate of drug-likeness (QED) is 0.496. The molecule has 0 aromatic heterocycles. The molecule has 16 heavy (non-hydrogen) atoms. The molecule has 1 atom stereocenters. The molecular formula is C13H16N2O. The van der Waals surface area contributed by atoms with Crippen LogP contribution in [-0.4, -0.2) is 18.9 Å². The minimum absolute atomic E-state index is 0.0480. The predicted molar refractivity (Wildman–Crippen MR) is 62.5 cm³/mol. The Morgan fingerprint density at radius 1 is 1.44 bits per heavy atom. The maximum Gasteiger partial charge on any atom is 0.227 e. The van der Waals surface area contributed by atoms with Crippen LogP contribution >= 0.6 is 0 Å². The van der Waals surface area contributed by atoms with Crippen LogP contribution < -0.4 is 5.32 Å². The summed E-state index contributed by atoms with van der Waals surface area (Å²) in [7, 11) is 0. The van der Waals surface area contributed by atoms with Crippen molar-refractivity contribution in [3.05, 3.63) is 34.8 Å². The van der Waals surface area contributed by atoms with Crippen LogP contribution in [0, 0.1) is 17.4 Å². The summed E-state index contributed by atoms with van der Waals surface area (Å²) in [6.07, 6.45) is 3.92. The van der Waals surface area contributed by atoms with Gasteiger partial charge in [-0.15, -0.1) is 0 Å². The standard InChI is InChI=1S/C13H16N2O/c1-12(2)10-5-6-15-8-13(10,3)7-9(14-4)11(12)16/h5,7,15H,6,8H2,1-3H3. The average Bonchev–Trinajstić information content (AvgIpc) is 2.24. The van der Waals surface area contributed by atoms with Gasteiger partial charge in [-0.05, 0) is 0 Å². The zero-order valence-electron chi connectivity index (χ0n) is 9.92. The van der Waals surface area contributed by atoms with Crippen molar-refractivity contribution in [2.45, 2.75) is 20.8 Å². The summed E-state index contributed by atoms with van der Waals surface area (Å²) >= 11 is 0. The van der Waals surface area contributed by atoms with Gasteiger partial charge in [-0.3, -0.25) is 0 Å². The molecule has 1 aliphatic heterocycles. The van der Waals surface area contributed by atoms with Crippen molar-refractivity contribution in [2.24, 2.45) is 10.8 Å². The van der Waals surface area contributed by atoms with Crippen LogP contribution in [0.25, 0.3) is 4.85 Å². The highest BCUT2D eigenvalue weighted by Crippen LogP contribution is 2.48. The van der Waals surface area contributed by atoms with Crippen molar-refractivity contribution < 1.29 is 4.79 Å². The van der Waals surface area contributed by atoms with Crippen LogP contribution in [-0.2, 0) is 4.79 Å². The molecule has 0 aromatic carbocycles. The van der Waals surface area contributed by atoms with Crippen molar-refractivity contribution in [1.82, 2.24) is 5.32 Å². The lowest BCUT2D eigenvalue weighted by molar-refractivity contribution is -0.122. The highest BCUT2D eigenvalue weighted by Gasteiger charge is 2.47. The molecule has 0 amide bonds. The van der Waals surface area contributed by atoms with E-state index in [1.165, 1.54) is 0 Å². The van der Waals surface area contributed by atoms with Gasteiger partial charge in [0.1, 0.15) is 0 Å². The Balaban J connectivity index is 2.64. The van der Waals surface area contributed by atoms with Crippen LogP contribution in [0.2, 0.25) is 0 Å². The van der Waals surface area contributed by atoms with Crippen LogP contribution in [0.3, 0.4) is 0 Å². The zero-order chi connectivity index (χ0) is 12.0. The van der Waals surface area contributed by atoms with Gasteiger partial charge in [0.15, 0.2) is 5.78 Å². The molecule has 3 heteroatoms. The minimum Gasteiger partial charge on any atom is -0.312 e. The monoisotopic (exact) mass is 216 g/mol. The van der Waals surface area contributed by atoms with Gasteiger partial charge in [0.2, 0.25) is 5.70 Å². The number of Topliss-reactive ketones (excluding diaryl/α,β-unsaturated/α-hetero) is 1. The van der Waals surface area contributed by atoms with Gasteiger partial charge in [-0.25, -0.2) is 4.85 Å². The lowest BCUT2D eigenvalue weighted by Crippen LogP contribution is -2.47. The molecular weight excluding hydrogens is 200 g/mol. The lowest BCUT2D eigenvalue weighted by Gasteiger charge is -2.45. The molecule has 0 saturated heterocycles. The van der Waals surface area contributed by atoms with Crippen molar-refractivity contribution in [3.63, 3.8) is 0 Å². The van der Waals surface area contributed by atoms with Gasteiger partial charge >= 0.3 is 0 Å². The topological polar surface area (TPSA) is 33.5 Å². The second-order valence-corrected chi connectivity index (χ2v) is 5.26. The van der Waals surface area contributed by atoms with E-state index in [0.717, 1.165) is 18.7 Å². The molecule has 0 bridgehead atoms. The summed E-state index contributed by atoms with van der Waals surface area (Å²) in [5, 5.41) is 3.29. The number of allylic oxidation sites excluding steroid dienone is 1. The van der Waals surface area contributed by atoms with E-state index < -0.39 is 5.41 Å². The smallest absolute Gasteiger partial charge is 0.227 e. The summed E-state index contributed by atoms with van der Waals surface area (Å²) in [4.78, 5) is 15.5. The van der Waals surface area contributed by atoms with E-state index in [4.69, 9.17) is 6.57 Å². The molecule has 1 N–H and O–H groups in total. The van der Waals surface area contributed by atoms with Gasteiger partial charge in [0.05, 0.1) is 6.57 Å². The highest BCUT2D eigenvalue weighted by molar-refractivity contribution is 6.04. The zero-order valence-corrected chi connectivity index (χ0v) is 9.92. The minimum atomic E-state index is -0.536. The normalized spacial score (nSPS) is 32.2. The van der Waals surface area contributed by atoms with Crippen molar-refractivity contribution in [3.8, 4) is 0 Å². The number of rotatable bonds is 0.